The fourth-order valence-electron chi connectivity index (χ4n) is 4.53. The van der Waals surface area contributed by atoms with E-state index in [1.807, 2.05) is 17.5 Å². The van der Waals surface area contributed by atoms with E-state index < -0.39 is 0 Å². The summed E-state index contributed by atoms with van der Waals surface area (Å²) in [6.07, 6.45) is 7.16. The van der Waals surface area contributed by atoms with Crippen LogP contribution >= 0.6 is 11.3 Å². The third-order valence-electron chi connectivity index (χ3n) is 5.48. The van der Waals surface area contributed by atoms with Gasteiger partial charge in [-0.1, -0.05) is 18.2 Å². The highest BCUT2D eigenvalue weighted by Gasteiger charge is 2.67. The second-order valence-corrected chi connectivity index (χ2v) is 7.38. The van der Waals surface area contributed by atoms with Gasteiger partial charge in [0.05, 0.1) is 18.1 Å². The Morgan fingerprint density at radius 3 is 2.38 bits per heavy atom. The molecule has 1 aromatic heterocycles. The van der Waals surface area contributed by atoms with E-state index in [4.69, 9.17) is 0 Å². The number of amides is 2. The Labute approximate surface area is 126 Å². The molecule has 2 bridgehead atoms. The number of hydrogen-bond donors (Lipinski definition) is 0. The zero-order chi connectivity index (χ0) is 14.1. The summed E-state index contributed by atoms with van der Waals surface area (Å²) in [4.78, 5) is 26.2. The molecule has 3 fully saturated rings. The monoisotopic (exact) mass is 298 g/mol. The van der Waals surface area contributed by atoms with Gasteiger partial charge in [-0.3, -0.25) is 9.59 Å². The van der Waals surface area contributed by atoms with E-state index in [0.717, 1.165) is 9.89 Å². The second-order valence-electron chi connectivity index (χ2n) is 6.40. The fraction of sp³-hybridized carbons (Fsp3) is 0.438. The number of allylic oxidation sites excluding steroid dienone is 2. The minimum atomic E-state index is -0.156. The average molecular weight is 298 g/mol. The van der Waals surface area contributed by atoms with Crippen LogP contribution in [0.1, 0.15) is 11.3 Å². The van der Waals surface area contributed by atoms with Gasteiger partial charge in [0.1, 0.15) is 0 Å². The maximum absolute atomic E-state index is 12.6. The number of hydrogen-bond acceptors (Lipinski definition) is 4. The predicted octanol–water partition coefficient (Wildman–Crippen LogP) is 2.14. The van der Waals surface area contributed by atoms with Crippen molar-refractivity contribution >= 4 is 29.4 Å². The molecule has 0 spiro atoms. The molecule has 0 aromatic carbocycles. The molecule has 0 radical (unpaired) electrons. The number of carbonyl (C=O) groups excluding carboxylic acids is 2. The van der Waals surface area contributed by atoms with Gasteiger partial charge in [-0.2, -0.15) is 10.1 Å². The summed E-state index contributed by atoms with van der Waals surface area (Å²) < 4.78 is 0. The van der Waals surface area contributed by atoms with Crippen molar-refractivity contribution in [3.63, 3.8) is 0 Å². The SMILES string of the molecule is O=C1[C@H]2[C@@H]3C=C[C@H]([C@H]4C[C@H]34)[C@@H]2C(=O)N1/N=C\c1cccs1. The van der Waals surface area contributed by atoms with Crippen molar-refractivity contribution in [3.8, 4) is 0 Å². The lowest BCUT2D eigenvalue weighted by atomic mass is 9.63. The Bertz CT molecular complexity index is 657. The summed E-state index contributed by atoms with van der Waals surface area (Å²) in [6, 6.07) is 3.85. The zero-order valence-electron chi connectivity index (χ0n) is 11.3. The number of carbonyl (C=O) groups is 2. The van der Waals surface area contributed by atoms with E-state index in [-0.39, 0.29) is 35.5 Å². The van der Waals surface area contributed by atoms with Crippen LogP contribution in [0.25, 0.3) is 0 Å². The molecule has 2 heterocycles. The summed E-state index contributed by atoms with van der Waals surface area (Å²) in [6.45, 7) is 0. The van der Waals surface area contributed by atoms with Crippen molar-refractivity contribution in [2.24, 2.45) is 40.6 Å². The van der Waals surface area contributed by atoms with Crippen molar-refractivity contribution in [2.45, 2.75) is 6.42 Å². The molecular weight excluding hydrogens is 284 g/mol. The average Bonchev–Trinajstić information content (AvgIpc) is 3.10. The third-order valence-corrected chi connectivity index (χ3v) is 6.29. The van der Waals surface area contributed by atoms with Crippen LogP contribution in [0.5, 0.6) is 0 Å². The number of thiophene rings is 1. The first-order chi connectivity index (χ1) is 10.3. The first-order valence-corrected chi connectivity index (χ1v) is 8.27. The molecule has 4 aliphatic carbocycles. The standard InChI is InChI=1S/C16H14N2O2S/c19-15-13-9-3-4-10(12-6-11(9)12)14(13)16(20)18(15)17-7-8-2-1-5-21-8/h1-5,7,9-14H,6H2/b17-7-/t9-,10-,11-,12-,13+,14+/m1/s1. The topological polar surface area (TPSA) is 49.7 Å². The largest absolute Gasteiger partial charge is 0.272 e. The van der Waals surface area contributed by atoms with Gasteiger partial charge in [-0.15, -0.1) is 11.3 Å². The molecule has 0 N–H and O–H groups in total. The predicted molar refractivity (Wildman–Crippen MR) is 78.5 cm³/mol. The van der Waals surface area contributed by atoms with Crippen LogP contribution in [0.4, 0.5) is 0 Å². The minimum Gasteiger partial charge on any atom is -0.272 e. The molecule has 1 aromatic rings. The Balaban J connectivity index is 1.48. The Morgan fingerprint density at radius 2 is 1.81 bits per heavy atom. The van der Waals surface area contributed by atoms with E-state index in [0.29, 0.717) is 11.8 Å². The van der Waals surface area contributed by atoms with Crippen molar-refractivity contribution < 1.29 is 9.59 Å². The van der Waals surface area contributed by atoms with Crippen LogP contribution in [0.15, 0.2) is 34.8 Å². The van der Waals surface area contributed by atoms with Gasteiger partial charge in [0.25, 0.3) is 11.8 Å². The summed E-state index contributed by atoms with van der Waals surface area (Å²) in [5.74, 6) is 1.31. The molecule has 2 amide bonds. The highest BCUT2D eigenvalue weighted by Crippen LogP contribution is 2.65. The molecule has 21 heavy (non-hydrogen) atoms. The zero-order valence-corrected chi connectivity index (χ0v) is 12.1. The van der Waals surface area contributed by atoms with Crippen LogP contribution in [0, 0.1) is 35.5 Å². The van der Waals surface area contributed by atoms with E-state index in [1.54, 1.807) is 17.6 Å². The molecule has 2 saturated carbocycles. The molecule has 5 heteroatoms. The summed E-state index contributed by atoms with van der Waals surface area (Å²) >= 11 is 1.54. The van der Waals surface area contributed by atoms with Gasteiger partial charge < -0.3 is 0 Å². The lowest BCUT2D eigenvalue weighted by Gasteiger charge is -2.37. The molecule has 4 nitrogen and oxygen atoms in total. The van der Waals surface area contributed by atoms with E-state index in [1.165, 1.54) is 6.42 Å². The quantitative estimate of drug-likeness (QED) is 0.477. The fourth-order valence-corrected chi connectivity index (χ4v) is 5.11. The molecule has 1 saturated heterocycles. The normalized spacial score (nSPS) is 42.8. The minimum absolute atomic E-state index is 0.0949. The first-order valence-electron chi connectivity index (χ1n) is 7.39. The van der Waals surface area contributed by atoms with Crippen LogP contribution in [0.3, 0.4) is 0 Å². The second kappa shape index (κ2) is 3.91. The van der Waals surface area contributed by atoms with Crippen LogP contribution in [0.2, 0.25) is 0 Å². The van der Waals surface area contributed by atoms with E-state index in [9.17, 15) is 9.59 Å². The number of hydrazone groups is 1. The lowest BCUT2D eigenvalue weighted by Crippen LogP contribution is -2.40. The highest BCUT2D eigenvalue weighted by molar-refractivity contribution is 7.11. The summed E-state index contributed by atoms with van der Waals surface area (Å²) in [7, 11) is 0. The smallest absolute Gasteiger partial charge is 0.254 e. The van der Waals surface area contributed by atoms with Crippen molar-refractivity contribution in [2.75, 3.05) is 0 Å². The number of rotatable bonds is 2. The molecule has 1 aliphatic heterocycles. The van der Waals surface area contributed by atoms with Crippen LogP contribution in [-0.4, -0.2) is 23.0 Å². The van der Waals surface area contributed by atoms with Crippen molar-refractivity contribution in [1.82, 2.24) is 5.01 Å². The van der Waals surface area contributed by atoms with Crippen molar-refractivity contribution in [3.05, 3.63) is 34.5 Å². The van der Waals surface area contributed by atoms with E-state index >= 15 is 0 Å². The van der Waals surface area contributed by atoms with Gasteiger partial charge in [0.2, 0.25) is 0 Å². The third kappa shape index (κ3) is 1.47. The molecule has 6 atom stereocenters. The van der Waals surface area contributed by atoms with Gasteiger partial charge >= 0.3 is 0 Å². The molecule has 106 valence electrons. The highest BCUT2D eigenvalue weighted by atomic mass is 32.1. The van der Waals surface area contributed by atoms with Crippen LogP contribution in [-0.2, 0) is 9.59 Å². The molecule has 6 rings (SSSR count). The molecule has 0 unspecified atom stereocenters. The van der Waals surface area contributed by atoms with Crippen molar-refractivity contribution in [1.29, 1.82) is 0 Å². The van der Waals surface area contributed by atoms with E-state index in [2.05, 4.69) is 17.3 Å². The first kappa shape index (κ1) is 11.9. The van der Waals surface area contributed by atoms with Gasteiger partial charge in [-0.25, -0.2) is 0 Å². The van der Waals surface area contributed by atoms with Gasteiger partial charge in [0, 0.05) is 4.88 Å². The molecular formula is C16H14N2O2S. The Morgan fingerprint density at radius 1 is 1.14 bits per heavy atom. The maximum atomic E-state index is 12.6. The van der Waals surface area contributed by atoms with Gasteiger partial charge in [0.15, 0.2) is 0 Å². The maximum Gasteiger partial charge on any atom is 0.254 e. The Hall–Kier alpha value is -1.75. The number of nitrogens with zero attached hydrogens (tertiary/aromatic N) is 2. The summed E-state index contributed by atoms with van der Waals surface area (Å²) in [5.41, 5.74) is 0. The summed E-state index contributed by atoms with van der Waals surface area (Å²) in [5, 5.41) is 7.26. The Kier molecular flexibility index (Phi) is 2.21. The molecule has 5 aliphatic rings. The number of imide groups is 1. The van der Waals surface area contributed by atoms with Crippen LogP contribution < -0.4 is 0 Å². The lowest BCUT2D eigenvalue weighted by molar-refractivity contribution is -0.140. The van der Waals surface area contributed by atoms with Gasteiger partial charge in [-0.05, 0) is 41.5 Å².